The standard InChI is InChI=1S/C11H22N2O2/c12-8-11(10-2-6-15-9-10)13-3-1-5-14-7-4-13/h10-11H,1-9,12H2. The maximum Gasteiger partial charge on any atom is 0.0593 e. The highest BCUT2D eigenvalue weighted by molar-refractivity contribution is 4.83. The molecule has 2 heterocycles. The van der Waals surface area contributed by atoms with Crippen LogP contribution in [0.3, 0.4) is 0 Å². The SMILES string of the molecule is NCC(C1CCOC1)N1CCCOCC1. The molecule has 0 aromatic heterocycles. The van der Waals surface area contributed by atoms with Crippen LogP contribution in [0.2, 0.25) is 0 Å². The predicted octanol–water partition coefficient (Wildman–Crippen LogP) is 0.0725. The van der Waals surface area contributed by atoms with Gasteiger partial charge in [-0.15, -0.1) is 0 Å². The monoisotopic (exact) mass is 214 g/mol. The molecule has 2 fully saturated rings. The third-order valence-electron chi connectivity index (χ3n) is 3.48. The molecule has 0 aromatic rings. The molecule has 4 heteroatoms. The largest absolute Gasteiger partial charge is 0.381 e. The van der Waals surface area contributed by atoms with E-state index in [0.717, 1.165) is 52.5 Å². The Hall–Kier alpha value is -0.160. The Morgan fingerprint density at radius 2 is 2.13 bits per heavy atom. The lowest BCUT2D eigenvalue weighted by Crippen LogP contribution is -2.47. The number of nitrogens with two attached hydrogens (primary N) is 1. The maximum absolute atomic E-state index is 5.90. The van der Waals surface area contributed by atoms with Crippen LogP contribution in [0, 0.1) is 5.92 Å². The molecular weight excluding hydrogens is 192 g/mol. The van der Waals surface area contributed by atoms with Crippen molar-refractivity contribution in [3.8, 4) is 0 Å². The molecule has 2 aliphatic rings. The highest BCUT2D eigenvalue weighted by Gasteiger charge is 2.29. The number of ether oxygens (including phenoxy) is 2. The average Bonchev–Trinajstić information content (AvgIpc) is 2.63. The van der Waals surface area contributed by atoms with Gasteiger partial charge in [0.2, 0.25) is 0 Å². The second-order valence-corrected chi connectivity index (χ2v) is 4.43. The minimum atomic E-state index is 0.495. The Balaban J connectivity index is 1.91. The zero-order valence-corrected chi connectivity index (χ0v) is 9.36. The van der Waals surface area contributed by atoms with E-state index in [9.17, 15) is 0 Å². The number of hydrogen-bond donors (Lipinski definition) is 1. The van der Waals surface area contributed by atoms with Crippen LogP contribution in [0.25, 0.3) is 0 Å². The molecule has 0 radical (unpaired) electrons. The Morgan fingerprint density at radius 3 is 2.87 bits per heavy atom. The summed E-state index contributed by atoms with van der Waals surface area (Å²) in [6.45, 7) is 6.44. The second kappa shape index (κ2) is 5.80. The number of rotatable bonds is 3. The van der Waals surface area contributed by atoms with Gasteiger partial charge in [-0.25, -0.2) is 0 Å². The van der Waals surface area contributed by atoms with Crippen molar-refractivity contribution in [2.45, 2.75) is 18.9 Å². The van der Waals surface area contributed by atoms with Crippen molar-refractivity contribution in [2.24, 2.45) is 11.7 Å². The molecule has 88 valence electrons. The Morgan fingerprint density at radius 1 is 1.20 bits per heavy atom. The van der Waals surface area contributed by atoms with Gasteiger partial charge in [0, 0.05) is 44.8 Å². The lowest BCUT2D eigenvalue weighted by molar-refractivity contribution is 0.106. The first kappa shape index (κ1) is 11.3. The average molecular weight is 214 g/mol. The van der Waals surface area contributed by atoms with Crippen molar-refractivity contribution in [2.75, 3.05) is 46.1 Å². The lowest BCUT2D eigenvalue weighted by atomic mass is 9.97. The van der Waals surface area contributed by atoms with E-state index < -0.39 is 0 Å². The quantitative estimate of drug-likeness (QED) is 0.722. The zero-order chi connectivity index (χ0) is 10.5. The number of nitrogens with zero attached hydrogens (tertiary/aromatic N) is 1. The molecule has 2 N–H and O–H groups in total. The van der Waals surface area contributed by atoms with Gasteiger partial charge in [-0.1, -0.05) is 0 Å². The summed E-state index contributed by atoms with van der Waals surface area (Å²) >= 11 is 0. The molecule has 0 amide bonds. The third kappa shape index (κ3) is 2.91. The summed E-state index contributed by atoms with van der Waals surface area (Å²) < 4.78 is 10.9. The molecule has 15 heavy (non-hydrogen) atoms. The van der Waals surface area contributed by atoms with Crippen LogP contribution in [0.4, 0.5) is 0 Å². The van der Waals surface area contributed by atoms with Crippen LogP contribution < -0.4 is 5.73 Å². The van der Waals surface area contributed by atoms with Crippen LogP contribution in [0.15, 0.2) is 0 Å². The summed E-state index contributed by atoms with van der Waals surface area (Å²) in [6, 6.07) is 0.495. The Bertz CT molecular complexity index is 175. The van der Waals surface area contributed by atoms with Crippen molar-refractivity contribution in [3.63, 3.8) is 0 Å². The first-order valence-corrected chi connectivity index (χ1v) is 6.01. The smallest absolute Gasteiger partial charge is 0.0593 e. The zero-order valence-electron chi connectivity index (χ0n) is 9.36. The van der Waals surface area contributed by atoms with Crippen LogP contribution in [-0.4, -0.2) is 57.0 Å². The molecule has 2 unspecified atom stereocenters. The van der Waals surface area contributed by atoms with Gasteiger partial charge in [0.25, 0.3) is 0 Å². The summed E-state index contributed by atoms with van der Waals surface area (Å²) in [4.78, 5) is 2.49. The topological polar surface area (TPSA) is 47.7 Å². The molecule has 0 spiro atoms. The Kier molecular flexibility index (Phi) is 4.38. The summed E-state index contributed by atoms with van der Waals surface area (Å²) in [6.07, 6.45) is 2.29. The van der Waals surface area contributed by atoms with Gasteiger partial charge in [-0.05, 0) is 12.8 Å². The fourth-order valence-electron chi connectivity index (χ4n) is 2.59. The van der Waals surface area contributed by atoms with Crippen LogP contribution in [-0.2, 0) is 9.47 Å². The minimum absolute atomic E-state index is 0.495. The second-order valence-electron chi connectivity index (χ2n) is 4.43. The fraction of sp³-hybridized carbons (Fsp3) is 1.00. The van der Waals surface area contributed by atoms with Crippen molar-refractivity contribution in [1.29, 1.82) is 0 Å². The lowest BCUT2D eigenvalue weighted by Gasteiger charge is -2.32. The summed E-state index contributed by atoms with van der Waals surface area (Å²) in [5, 5.41) is 0. The highest BCUT2D eigenvalue weighted by atomic mass is 16.5. The van der Waals surface area contributed by atoms with E-state index in [4.69, 9.17) is 15.2 Å². The van der Waals surface area contributed by atoms with Crippen molar-refractivity contribution >= 4 is 0 Å². The molecule has 2 aliphatic heterocycles. The van der Waals surface area contributed by atoms with E-state index in [2.05, 4.69) is 4.90 Å². The van der Waals surface area contributed by atoms with Gasteiger partial charge >= 0.3 is 0 Å². The van der Waals surface area contributed by atoms with Gasteiger partial charge in [0.1, 0.15) is 0 Å². The minimum Gasteiger partial charge on any atom is -0.381 e. The normalized spacial score (nSPS) is 31.4. The Labute approximate surface area is 91.7 Å². The van der Waals surface area contributed by atoms with Crippen LogP contribution in [0.1, 0.15) is 12.8 Å². The van der Waals surface area contributed by atoms with Crippen LogP contribution in [0.5, 0.6) is 0 Å². The van der Waals surface area contributed by atoms with E-state index in [1.807, 2.05) is 0 Å². The van der Waals surface area contributed by atoms with E-state index in [-0.39, 0.29) is 0 Å². The molecule has 0 aromatic carbocycles. The summed E-state index contributed by atoms with van der Waals surface area (Å²) in [5.41, 5.74) is 5.90. The first-order valence-electron chi connectivity index (χ1n) is 6.01. The van der Waals surface area contributed by atoms with E-state index in [1.165, 1.54) is 6.42 Å². The molecular formula is C11H22N2O2. The number of hydrogen-bond acceptors (Lipinski definition) is 4. The van der Waals surface area contributed by atoms with E-state index >= 15 is 0 Å². The van der Waals surface area contributed by atoms with Crippen LogP contribution >= 0.6 is 0 Å². The van der Waals surface area contributed by atoms with E-state index in [1.54, 1.807) is 0 Å². The van der Waals surface area contributed by atoms with E-state index in [0.29, 0.717) is 12.0 Å². The highest BCUT2D eigenvalue weighted by Crippen LogP contribution is 2.21. The van der Waals surface area contributed by atoms with Gasteiger partial charge < -0.3 is 15.2 Å². The fourth-order valence-corrected chi connectivity index (χ4v) is 2.59. The van der Waals surface area contributed by atoms with Gasteiger partial charge in [0.05, 0.1) is 13.2 Å². The molecule has 0 aliphatic carbocycles. The van der Waals surface area contributed by atoms with Crippen molar-refractivity contribution < 1.29 is 9.47 Å². The molecule has 2 atom stereocenters. The first-order chi connectivity index (χ1) is 7.42. The molecule has 4 nitrogen and oxygen atoms in total. The summed E-state index contributed by atoms with van der Waals surface area (Å²) in [5.74, 6) is 0.632. The summed E-state index contributed by atoms with van der Waals surface area (Å²) in [7, 11) is 0. The molecule has 2 rings (SSSR count). The third-order valence-corrected chi connectivity index (χ3v) is 3.48. The molecule has 0 saturated carbocycles. The van der Waals surface area contributed by atoms with Crippen molar-refractivity contribution in [3.05, 3.63) is 0 Å². The maximum atomic E-state index is 5.90. The van der Waals surface area contributed by atoms with Crippen molar-refractivity contribution in [1.82, 2.24) is 4.90 Å². The molecule has 0 bridgehead atoms. The predicted molar refractivity (Wildman–Crippen MR) is 58.8 cm³/mol. The van der Waals surface area contributed by atoms with Gasteiger partial charge in [-0.2, -0.15) is 0 Å². The molecule has 2 saturated heterocycles. The van der Waals surface area contributed by atoms with Gasteiger partial charge in [-0.3, -0.25) is 4.90 Å². The van der Waals surface area contributed by atoms with Gasteiger partial charge in [0.15, 0.2) is 0 Å².